The molecule has 0 atom stereocenters. The van der Waals surface area contributed by atoms with Crippen LogP contribution in [0, 0.1) is 6.92 Å². The predicted octanol–water partition coefficient (Wildman–Crippen LogP) is 2.47. The molecule has 5 heteroatoms. The number of nitrogens with one attached hydrogen (secondary N) is 1. The van der Waals surface area contributed by atoms with E-state index in [1.807, 2.05) is 24.7 Å². The van der Waals surface area contributed by atoms with E-state index in [-0.39, 0.29) is 0 Å². The van der Waals surface area contributed by atoms with Crippen molar-refractivity contribution < 1.29 is 4.74 Å². The highest BCUT2D eigenvalue weighted by molar-refractivity contribution is 7.09. The van der Waals surface area contributed by atoms with Crippen LogP contribution in [-0.2, 0) is 6.54 Å². The Kier molecular flexibility index (Phi) is 3.36. The van der Waals surface area contributed by atoms with Crippen LogP contribution in [0.5, 0.6) is 5.75 Å². The Morgan fingerprint density at radius 1 is 1.44 bits per heavy atom. The maximum absolute atomic E-state index is 5.23. The standard InChI is InChI=1S/C11H13N3OS/c1-8-3-10(11(15-2)6-13-8)14-5-9-4-12-7-16-9/h3-4,6-7H,5H2,1-2H3,(H,13,14). The van der Waals surface area contributed by atoms with Gasteiger partial charge in [0.1, 0.15) is 0 Å². The SMILES string of the molecule is COc1cnc(C)cc1NCc1cncs1. The van der Waals surface area contributed by atoms with Crippen molar-refractivity contribution in [3.8, 4) is 5.75 Å². The number of methoxy groups -OCH3 is 1. The molecular weight excluding hydrogens is 222 g/mol. The molecule has 2 aromatic rings. The Hall–Kier alpha value is -1.62. The molecule has 0 aliphatic rings. The van der Waals surface area contributed by atoms with Gasteiger partial charge in [0.05, 0.1) is 31.0 Å². The molecule has 84 valence electrons. The van der Waals surface area contributed by atoms with Gasteiger partial charge >= 0.3 is 0 Å². The number of anilines is 1. The number of thiazole rings is 1. The van der Waals surface area contributed by atoms with Gasteiger partial charge in [-0.15, -0.1) is 11.3 Å². The number of aryl methyl sites for hydroxylation is 1. The third-order valence-corrected chi connectivity index (χ3v) is 2.94. The van der Waals surface area contributed by atoms with Gasteiger partial charge in [0.25, 0.3) is 0 Å². The average Bonchev–Trinajstić information content (AvgIpc) is 2.79. The third-order valence-electron chi connectivity index (χ3n) is 2.16. The molecule has 16 heavy (non-hydrogen) atoms. The van der Waals surface area contributed by atoms with Crippen LogP contribution in [0.25, 0.3) is 0 Å². The summed E-state index contributed by atoms with van der Waals surface area (Å²) in [5, 5.41) is 3.31. The van der Waals surface area contributed by atoms with Gasteiger partial charge in [-0.2, -0.15) is 0 Å². The van der Waals surface area contributed by atoms with Crippen molar-refractivity contribution in [2.24, 2.45) is 0 Å². The molecule has 0 aliphatic heterocycles. The van der Waals surface area contributed by atoms with Crippen LogP contribution in [0.3, 0.4) is 0 Å². The molecule has 0 amide bonds. The Labute approximate surface area is 98.3 Å². The van der Waals surface area contributed by atoms with Crippen LogP contribution in [0.4, 0.5) is 5.69 Å². The predicted molar refractivity (Wildman–Crippen MR) is 65.0 cm³/mol. The Morgan fingerprint density at radius 3 is 3.00 bits per heavy atom. The van der Waals surface area contributed by atoms with Crippen LogP contribution in [0.1, 0.15) is 10.6 Å². The molecule has 4 nitrogen and oxygen atoms in total. The lowest BCUT2D eigenvalue weighted by Gasteiger charge is -2.10. The molecule has 0 fully saturated rings. The minimum absolute atomic E-state index is 0.754. The molecule has 0 radical (unpaired) electrons. The first-order valence-corrected chi connectivity index (χ1v) is 5.79. The van der Waals surface area contributed by atoms with E-state index in [0.29, 0.717) is 0 Å². The van der Waals surface area contributed by atoms with Gasteiger partial charge in [-0.25, -0.2) is 0 Å². The number of hydrogen-bond acceptors (Lipinski definition) is 5. The Balaban J connectivity index is 2.11. The van der Waals surface area contributed by atoms with Gasteiger partial charge in [0.2, 0.25) is 0 Å². The summed E-state index contributed by atoms with van der Waals surface area (Å²) in [4.78, 5) is 9.40. The second kappa shape index (κ2) is 4.94. The van der Waals surface area contributed by atoms with Gasteiger partial charge in [-0.3, -0.25) is 9.97 Å². The normalized spacial score (nSPS) is 10.1. The highest BCUT2D eigenvalue weighted by Crippen LogP contribution is 2.24. The summed E-state index contributed by atoms with van der Waals surface area (Å²) in [5.74, 6) is 0.759. The monoisotopic (exact) mass is 235 g/mol. The fourth-order valence-electron chi connectivity index (χ4n) is 1.36. The highest BCUT2D eigenvalue weighted by Gasteiger charge is 2.03. The lowest BCUT2D eigenvalue weighted by Crippen LogP contribution is -2.01. The van der Waals surface area contributed by atoms with Crippen molar-refractivity contribution in [2.75, 3.05) is 12.4 Å². The number of rotatable bonds is 4. The van der Waals surface area contributed by atoms with E-state index in [9.17, 15) is 0 Å². The number of aromatic nitrogens is 2. The number of nitrogens with zero attached hydrogens (tertiary/aromatic N) is 2. The minimum atomic E-state index is 0.754. The van der Waals surface area contributed by atoms with E-state index in [4.69, 9.17) is 4.74 Å². The number of pyridine rings is 1. The molecule has 0 saturated carbocycles. The van der Waals surface area contributed by atoms with E-state index < -0.39 is 0 Å². The van der Waals surface area contributed by atoms with E-state index in [0.717, 1.165) is 23.7 Å². The van der Waals surface area contributed by atoms with Crippen LogP contribution < -0.4 is 10.1 Å². The molecule has 0 unspecified atom stereocenters. The quantitative estimate of drug-likeness (QED) is 0.884. The maximum Gasteiger partial charge on any atom is 0.160 e. The Bertz CT molecular complexity index is 456. The third kappa shape index (κ3) is 2.49. The van der Waals surface area contributed by atoms with Crippen LogP contribution in [-0.4, -0.2) is 17.1 Å². The van der Waals surface area contributed by atoms with E-state index in [1.54, 1.807) is 24.6 Å². The minimum Gasteiger partial charge on any atom is -0.493 e. The van der Waals surface area contributed by atoms with Gasteiger partial charge in [0.15, 0.2) is 5.75 Å². The van der Waals surface area contributed by atoms with Crippen molar-refractivity contribution >= 4 is 17.0 Å². The van der Waals surface area contributed by atoms with Gasteiger partial charge in [-0.1, -0.05) is 0 Å². The summed E-state index contributed by atoms with van der Waals surface area (Å²) in [7, 11) is 1.64. The summed E-state index contributed by atoms with van der Waals surface area (Å²) < 4.78 is 5.23. The average molecular weight is 235 g/mol. The molecular formula is C11H13N3OS. The summed E-state index contributed by atoms with van der Waals surface area (Å²) in [6.45, 7) is 2.71. The topological polar surface area (TPSA) is 47.0 Å². The molecule has 2 rings (SSSR count). The van der Waals surface area contributed by atoms with Crippen LogP contribution >= 0.6 is 11.3 Å². The molecule has 0 aliphatic carbocycles. The number of ether oxygens (including phenoxy) is 1. The molecule has 0 spiro atoms. The zero-order chi connectivity index (χ0) is 11.4. The van der Waals surface area contributed by atoms with Crippen molar-refractivity contribution in [3.63, 3.8) is 0 Å². The largest absolute Gasteiger partial charge is 0.493 e. The van der Waals surface area contributed by atoms with E-state index >= 15 is 0 Å². The fourth-order valence-corrected chi connectivity index (χ4v) is 1.89. The van der Waals surface area contributed by atoms with Gasteiger partial charge in [0, 0.05) is 16.8 Å². The fraction of sp³-hybridized carbons (Fsp3) is 0.273. The lowest BCUT2D eigenvalue weighted by molar-refractivity contribution is 0.414. The van der Waals surface area contributed by atoms with E-state index in [2.05, 4.69) is 15.3 Å². The maximum atomic E-state index is 5.23. The van der Waals surface area contributed by atoms with Crippen LogP contribution in [0.2, 0.25) is 0 Å². The zero-order valence-electron chi connectivity index (χ0n) is 9.23. The second-order valence-electron chi connectivity index (χ2n) is 3.35. The Morgan fingerprint density at radius 2 is 2.31 bits per heavy atom. The molecule has 0 saturated heterocycles. The van der Waals surface area contributed by atoms with Crippen molar-refractivity contribution in [1.29, 1.82) is 0 Å². The summed E-state index contributed by atoms with van der Waals surface area (Å²) in [6.07, 6.45) is 3.59. The molecule has 0 bridgehead atoms. The summed E-state index contributed by atoms with van der Waals surface area (Å²) in [6, 6.07) is 1.97. The van der Waals surface area contributed by atoms with Gasteiger partial charge < -0.3 is 10.1 Å². The smallest absolute Gasteiger partial charge is 0.160 e. The first-order valence-electron chi connectivity index (χ1n) is 4.91. The van der Waals surface area contributed by atoms with Gasteiger partial charge in [-0.05, 0) is 13.0 Å². The summed E-state index contributed by atoms with van der Waals surface area (Å²) in [5.41, 5.74) is 3.75. The molecule has 0 aromatic carbocycles. The first-order chi connectivity index (χ1) is 7.79. The van der Waals surface area contributed by atoms with Crippen molar-refractivity contribution in [3.05, 3.63) is 34.5 Å². The lowest BCUT2D eigenvalue weighted by atomic mass is 10.3. The van der Waals surface area contributed by atoms with Crippen LogP contribution in [0.15, 0.2) is 24.0 Å². The molecule has 2 heterocycles. The van der Waals surface area contributed by atoms with Crippen molar-refractivity contribution in [2.45, 2.75) is 13.5 Å². The number of hydrogen-bond donors (Lipinski definition) is 1. The zero-order valence-corrected chi connectivity index (χ0v) is 10.0. The molecule has 2 aromatic heterocycles. The second-order valence-corrected chi connectivity index (χ2v) is 4.32. The summed E-state index contributed by atoms with van der Waals surface area (Å²) >= 11 is 1.63. The molecule has 1 N–H and O–H groups in total. The highest BCUT2D eigenvalue weighted by atomic mass is 32.1. The van der Waals surface area contributed by atoms with Crippen molar-refractivity contribution in [1.82, 2.24) is 9.97 Å². The first kappa shape index (κ1) is 10.9. The van der Waals surface area contributed by atoms with E-state index in [1.165, 1.54) is 4.88 Å².